The maximum atomic E-state index is 12.4. The van der Waals surface area contributed by atoms with E-state index in [0.717, 1.165) is 24.2 Å². The fourth-order valence-electron chi connectivity index (χ4n) is 2.65. The second-order valence-electron chi connectivity index (χ2n) is 5.27. The van der Waals surface area contributed by atoms with E-state index in [1.165, 1.54) is 6.42 Å². The maximum absolute atomic E-state index is 12.4. The van der Waals surface area contributed by atoms with Gasteiger partial charge in [0, 0.05) is 25.0 Å². The number of nitrogens with zero attached hydrogens (tertiary/aromatic N) is 3. The highest BCUT2D eigenvalue weighted by Crippen LogP contribution is 2.25. The van der Waals surface area contributed by atoms with Crippen LogP contribution in [0.1, 0.15) is 25.0 Å². The van der Waals surface area contributed by atoms with E-state index in [-0.39, 0.29) is 12.5 Å². The lowest BCUT2D eigenvalue weighted by Crippen LogP contribution is -2.46. The molecule has 3 rings (SSSR count). The summed E-state index contributed by atoms with van der Waals surface area (Å²) in [6.45, 7) is 0.449. The maximum Gasteiger partial charge on any atom is 0.228 e. The van der Waals surface area contributed by atoms with E-state index in [1.807, 2.05) is 39.9 Å². The van der Waals surface area contributed by atoms with Gasteiger partial charge in [0.1, 0.15) is 5.65 Å². The third-order valence-electron chi connectivity index (χ3n) is 3.92. The molecule has 5 nitrogen and oxygen atoms in total. The number of pyridine rings is 1. The molecule has 1 aliphatic rings. The lowest BCUT2D eigenvalue weighted by Gasteiger charge is -2.37. The van der Waals surface area contributed by atoms with Gasteiger partial charge in [-0.2, -0.15) is 0 Å². The number of rotatable bonds is 5. The SMILES string of the molecule is O=C(Cc1cn2ccccc2n1)N(CCO)C1CCC1. The van der Waals surface area contributed by atoms with Gasteiger partial charge in [0.25, 0.3) is 0 Å². The van der Waals surface area contributed by atoms with E-state index in [2.05, 4.69) is 4.98 Å². The van der Waals surface area contributed by atoms with Gasteiger partial charge < -0.3 is 14.4 Å². The van der Waals surface area contributed by atoms with Crippen molar-refractivity contribution < 1.29 is 9.90 Å². The van der Waals surface area contributed by atoms with Crippen molar-refractivity contribution in [3.63, 3.8) is 0 Å². The van der Waals surface area contributed by atoms with Gasteiger partial charge in [-0.05, 0) is 31.4 Å². The zero-order valence-electron chi connectivity index (χ0n) is 11.4. The van der Waals surface area contributed by atoms with Crippen molar-refractivity contribution in [3.8, 4) is 0 Å². The number of amides is 1. The highest BCUT2D eigenvalue weighted by atomic mass is 16.3. The number of aliphatic hydroxyl groups excluding tert-OH is 1. The zero-order chi connectivity index (χ0) is 13.9. The van der Waals surface area contributed by atoms with Crippen molar-refractivity contribution in [1.29, 1.82) is 0 Å². The highest BCUT2D eigenvalue weighted by Gasteiger charge is 2.28. The molecule has 0 aromatic carbocycles. The van der Waals surface area contributed by atoms with Gasteiger partial charge in [0.15, 0.2) is 0 Å². The predicted molar refractivity (Wildman–Crippen MR) is 75.3 cm³/mol. The predicted octanol–water partition coefficient (Wildman–Crippen LogP) is 1.25. The first-order chi connectivity index (χ1) is 9.78. The molecule has 1 aliphatic carbocycles. The molecule has 5 heteroatoms. The van der Waals surface area contributed by atoms with Crippen LogP contribution in [0, 0.1) is 0 Å². The Hall–Kier alpha value is -1.88. The molecule has 1 N–H and O–H groups in total. The first-order valence-electron chi connectivity index (χ1n) is 7.11. The molecule has 20 heavy (non-hydrogen) atoms. The number of carbonyl (C=O) groups is 1. The molecule has 0 saturated heterocycles. The number of aliphatic hydroxyl groups is 1. The Bertz CT molecular complexity index is 571. The molecule has 1 amide bonds. The molecule has 0 spiro atoms. The smallest absolute Gasteiger partial charge is 0.228 e. The van der Waals surface area contributed by atoms with Crippen molar-refractivity contribution in [2.45, 2.75) is 31.7 Å². The molecule has 2 aromatic rings. The van der Waals surface area contributed by atoms with Gasteiger partial charge in [-0.25, -0.2) is 4.98 Å². The van der Waals surface area contributed by atoms with Crippen LogP contribution >= 0.6 is 0 Å². The first-order valence-corrected chi connectivity index (χ1v) is 7.11. The number of carbonyl (C=O) groups excluding carboxylic acids is 1. The normalized spacial score (nSPS) is 15.2. The molecule has 0 atom stereocenters. The summed E-state index contributed by atoms with van der Waals surface area (Å²) in [7, 11) is 0. The Balaban J connectivity index is 1.73. The molecule has 2 heterocycles. The quantitative estimate of drug-likeness (QED) is 0.892. The van der Waals surface area contributed by atoms with Gasteiger partial charge >= 0.3 is 0 Å². The molecule has 106 valence electrons. The van der Waals surface area contributed by atoms with Crippen molar-refractivity contribution in [2.75, 3.05) is 13.2 Å². The molecule has 1 fully saturated rings. The van der Waals surface area contributed by atoms with Crippen molar-refractivity contribution in [1.82, 2.24) is 14.3 Å². The summed E-state index contributed by atoms with van der Waals surface area (Å²) >= 11 is 0. The van der Waals surface area contributed by atoms with Gasteiger partial charge in [0.05, 0.1) is 18.7 Å². The van der Waals surface area contributed by atoms with Crippen LogP contribution in [0.5, 0.6) is 0 Å². The van der Waals surface area contributed by atoms with Crippen LogP contribution in [0.2, 0.25) is 0 Å². The lowest BCUT2D eigenvalue weighted by atomic mass is 9.91. The van der Waals surface area contributed by atoms with Crippen LogP contribution in [-0.4, -0.2) is 44.5 Å². The van der Waals surface area contributed by atoms with E-state index in [0.29, 0.717) is 19.0 Å². The van der Waals surface area contributed by atoms with Crippen LogP contribution < -0.4 is 0 Å². The Morgan fingerprint density at radius 3 is 2.95 bits per heavy atom. The molecule has 2 aromatic heterocycles. The minimum absolute atomic E-state index is 0.0212. The van der Waals surface area contributed by atoms with Crippen LogP contribution in [0.3, 0.4) is 0 Å². The lowest BCUT2D eigenvalue weighted by molar-refractivity contribution is -0.135. The summed E-state index contributed by atoms with van der Waals surface area (Å²) in [5.74, 6) is 0.0622. The fourth-order valence-corrected chi connectivity index (χ4v) is 2.65. The van der Waals surface area contributed by atoms with E-state index < -0.39 is 0 Å². The zero-order valence-corrected chi connectivity index (χ0v) is 11.4. The Morgan fingerprint density at radius 1 is 1.45 bits per heavy atom. The summed E-state index contributed by atoms with van der Waals surface area (Å²) in [5, 5.41) is 9.12. The largest absolute Gasteiger partial charge is 0.395 e. The molecule has 0 unspecified atom stereocenters. The van der Waals surface area contributed by atoms with E-state index in [4.69, 9.17) is 5.11 Å². The van der Waals surface area contributed by atoms with Gasteiger partial charge in [0.2, 0.25) is 5.91 Å². The van der Waals surface area contributed by atoms with Crippen LogP contribution in [0.15, 0.2) is 30.6 Å². The van der Waals surface area contributed by atoms with E-state index in [1.54, 1.807) is 0 Å². The van der Waals surface area contributed by atoms with Crippen molar-refractivity contribution in [2.24, 2.45) is 0 Å². The monoisotopic (exact) mass is 273 g/mol. The minimum atomic E-state index is 0.0212. The molecular formula is C15H19N3O2. The summed E-state index contributed by atoms with van der Waals surface area (Å²) in [6.07, 6.45) is 7.40. The van der Waals surface area contributed by atoms with E-state index in [9.17, 15) is 4.79 Å². The molecule has 1 saturated carbocycles. The third-order valence-corrected chi connectivity index (χ3v) is 3.92. The Morgan fingerprint density at radius 2 is 2.30 bits per heavy atom. The number of aromatic nitrogens is 2. The number of hydrogen-bond acceptors (Lipinski definition) is 3. The third kappa shape index (κ3) is 2.54. The minimum Gasteiger partial charge on any atom is -0.395 e. The second-order valence-corrected chi connectivity index (χ2v) is 5.27. The topological polar surface area (TPSA) is 57.8 Å². The van der Waals surface area contributed by atoms with Crippen molar-refractivity contribution in [3.05, 3.63) is 36.3 Å². The van der Waals surface area contributed by atoms with Crippen LogP contribution in [0.25, 0.3) is 5.65 Å². The summed E-state index contributed by atoms with van der Waals surface area (Å²) in [4.78, 5) is 18.6. The standard InChI is InChI=1S/C15H19N3O2/c19-9-8-18(13-4-3-5-13)15(20)10-12-11-17-7-2-1-6-14(17)16-12/h1-2,6-7,11,13,19H,3-5,8-10H2. The summed E-state index contributed by atoms with van der Waals surface area (Å²) < 4.78 is 1.92. The Kier molecular flexibility index (Phi) is 3.69. The van der Waals surface area contributed by atoms with Gasteiger partial charge in [-0.3, -0.25) is 4.79 Å². The van der Waals surface area contributed by atoms with Crippen LogP contribution in [0.4, 0.5) is 0 Å². The second kappa shape index (κ2) is 5.63. The molecule has 0 bridgehead atoms. The highest BCUT2D eigenvalue weighted by molar-refractivity contribution is 5.79. The van der Waals surface area contributed by atoms with Crippen LogP contribution in [-0.2, 0) is 11.2 Å². The Labute approximate surface area is 117 Å². The number of hydrogen-bond donors (Lipinski definition) is 1. The average molecular weight is 273 g/mol. The van der Waals surface area contributed by atoms with Gasteiger partial charge in [-0.15, -0.1) is 0 Å². The summed E-state index contributed by atoms with van der Waals surface area (Å²) in [5.41, 5.74) is 1.64. The molecule has 0 radical (unpaired) electrons. The average Bonchev–Trinajstić information content (AvgIpc) is 2.78. The number of fused-ring (bicyclic) bond motifs is 1. The number of imidazole rings is 1. The van der Waals surface area contributed by atoms with Gasteiger partial charge in [-0.1, -0.05) is 6.07 Å². The fraction of sp³-hybridized carbons (Fsp3) is 0.467. The first kappa shape index (κ1) is 13.1. The molecular weight excluding hydrogens is 254 g/mol. The molecule has 0 aliphatic heterocycles. The van der Waals surface area contributed by atoms with E-state index >= 15 is 0 Å². The summed E-state index contributed by atoms with van der Waals surface area (Å²) in [6, 6.07) is 6.10. The van der Waals surface area contributed by atoms with Crippen molar-refractivity contribution >= 4 is 11.6 Å².